The van der Waals surface area contributed by atoms with Crippen LogP contribution in [0.15, 0.2) is 34.8 Å². The fourth-order valence-electron chi connectivity index (χ4n) is 2.60. The van der Waals surface area contributed by atoms with Crippen molar-refractivity contribution in [3.63, 3.8) is 0 Å². The molecule has 3 aromatic rings. The van der Waals surface area contributed by atoms with Gasteiger partial charge in [0, 0.05) is 16.5 Å². The smallest absolute Gasteiger partial charge is 0.166 e. The number of hydrogen-bond acceptors (Lipinski definition) is 1. The molecule has 0 saturated carbocycles. The second-order valence-electron chi connectivity index (χ2n) is 5.09. The van der Waals surface area contributed by atoms with Gasteiger partial charge in [0.05, 0.1) is 4.47 Å². The zero-order chi connectivity index (χ0) is 15.0. The van der Waals surface area contributed by atoms with Crippen LogP contribution in [0.4, 0.5) is 8.78 Å². The fourth-order valence-corrected chi connectivity index (χ4v) is 2.90. The first kappa shape index (κ1) is 14.4. The summed E-state index contributed by atoms with van der Waals surface area (Å²) < 4.78 is 28.0. The molecular weight excluding hydrogens is 336 g/mol. The molecule has 0 aliphatic carbocycles. The van der Waals surface area contributed by atoms with E-state index in [0.29, 0.717) is 5.39 Å². The van der Waals surface area contributed by atoms with E-state index >= 15 is 0 Å². The molecule has 0 atom stereocenters. The van der Waals surface area contributed by atoms with Crippen LogP contribution in [0.25, 0.3) is 21.7 Å². The molecule has 3 rings (SSSR count). The highest BCUT2D eigenvalue weighted by atomic mass is 79.9. The molecule has 0 amide bonds. The van der Waals surface area contributed by atoms with Crippen molar-refractivity contribution in [1.29, 1.82) is 0 Å². The lowest BCUT2D eigenvalue weighted by atomic mass is 10.0. The Hall–Kier alpha value is -1.55. The van der Waals surface area contributed by atoms with Crippen LogP contribution in [-0.2, 0) is 6.42 Å². The number of hydrogen-bond donors (Lipinski definition) is 0. The van der Waals surface area contributed by atoms with Gasteiger partial charge in [-0.05, 0) is 40.2 Å². The van der Waals surface area contributed by atoms with Crippen molar-refractivity contribution >= 4 is 37.6 Å². The number of unbranched alkanes of at least 4 members (excludes halogenated alkanes) is 1. The molecule has 0 radical (unpaired) electrons. The molecule has 4 heteroatoms. The Labute approximate surface area is 130 Å². The maximum Gasteiger partial charge on any atom is 0.166 e. The monoisotopic (exact) mass is 349 g/mol. The highest BCUT2D eigenvalue weighted by molar-refractivity contribution is 9.10. The molecule has 1 heterocycles. The molecular formula is C17H14BrF2N. The van der Waals surface area contributed by atoms with Crippen LogP contribution < -0.4 is 0 Å². The lowest BCUT2D eigenvalue weighted by Crippen LogP contribution is -1.98. The first-order chi connectivity index (χ1) is 10.1. The number of benzene rings is 2. The third-order valence-electron chi connectivity index (χ3n) is 3.68. The van der Waals surface area contributed by atoms with Gasteiger partial charge in [-0.3, -0.25) is 0 Å². The highest BCUT2D eigenvalue weighted by Crippen LogP contribution is 2.33. The van der Waals surface area contributed by atoms with Crippen LogP contribution in [0.1, 0.15) is 25.5 Å². The van der Waals surface area contributed by atoms with Gasteiger partial charge in [0.1, 0.15) is 11.3 Å². The molecule has 1 nitrogen and oxygen atoms in total. The van der Waals surface area contributed by atoms with E-state index in [4.69, 9.17) is 0 Å². The third-order valence-corrected chi connectivity index (χ3v) is 4.41. The van der Waals surface area contributed by atoms with Crippen molar-refractivity contribution < 1.29 is 8.78 Å². The molecule has 108 valence electrons. The second kappa shape index (κ2) is 5.68. The summed E-state index contributed by atoms with van der Waals surface area (Å²) in [4.78, 5) is 4.47. The number of fused-ring (bicyclic) bond motifs is 3. The van der Waals surface area contributed by atoms with Crippen molar-refractivity contribution in [3.05, 3.63) is 52.1 Å². The minimum atomic E-state index is -0.631. The summed E-state index contributed by atoms with van der Waals surface area (Å²) in [5, 5.41) is 2.34. The van der Waals surface area contributed by atoms with Crippen LogP contribution in [-0.4, -0.2) is 4.98 Å². The fraction of sp³-hybridized carbons (Fsp3) is 0.235. The molecule has 1 aromatic heterocycles. The first-order valence-corrected chi connectivity index (χ1v) is 7.77. The van der Waals surface area contributed by atoms with Crippen LogP contribution in [0, 0.1) is 11.6 Å². The van der Waals surface area contributed by atoms with E-state index in [2.05, 4.69) is 27.8 Å². The van der Waals surface area contributed by atoms with Gasteiger partial charge in [-0.15, -0.1) is 0 Å². The van der Waals surface area contributed by atoms with Gasteiger partial charge < -0.3 is 0 Å². The summed E-state index contributed by atoms with van der Waals surface area (Å²) in [6.45, 7) is 2.11. The molecule has 2 aromatic carbocycles. The SMILES string of the molecule is CCCCc1nc2c(F)c(Br)c(F)cc2c2ccccc12. The summed E-state index contributed by atoms with van der Waals surface area (Å²) in [5.41, 5.74) is 1.10. The van der Waals surface area contributed by atoms with Crippen molar-refractivity contribution in [3.8, 4) is 0 Å². The van der Waals surface area contributed by atoms with Crippen LogP contribution in [0.2, 0.25) is 0 Å². The Morgan fingerprint density at radius 2 is 1.81 bits per heavy atom. The summed E-state index contributed by atoms with van der Waals surface area (Å²) >= 11 is 2.95. The molecule has 21 heavy (non-hydrogen) atoms. The van der Waals surface area contributed by atoms with Gasteiger partial charge in [0.2, 0.25) is 0 Å². The van der Waals surface area contributed by atoms with E-state index in [1.807, 2.05) is 24.3 Å². The van der Waals surface area contributed by atoms with Crippen molar-refractivity contribution in [2.24, 2.45) is 0 Å². The van der Waals surface area contributed by atoms with Crippen LogP contribution in [0.3, 0.4) is 0 Å². The molecule has 0 unspecified atom stereocenters. The summed E-state index contributed by atoms with van der Waals surface area (Å²) in [7, 11) is 0. The second-order valence-corrected chi connectivity index (χ2v) is 5.88. The van der Waals surface area contributed by atoms with E-state index in [1.54, 1.807) is 0 Å². The molecule has 0 spiro atoms. The largest absolute Gasteiger partial charge is 0.249 e. The standard InChI is InChI=1S/C17H14BrF2N/c1-2-3-8-14-11-7-5-4-6-10(11)12-9-13(19)15(18)16(20)17(12)21-14/h4-7,9H,2-3,8H2,1H3. The zero-order valence-corrected chi connectivity index (χ0v) is 13.2. The van der Waals surface area contributed by atoms with E-state index in [-0.39, 0.29) is 9.99 Å². The van der Waals surface area contributed by atoms with E-state index in [0.717, 1.165) is 35.7 Å². The maximum absolute atomic E-state index is 14.3. The predicted octanol–water partition coefficient (Wildman–Crippen LogP) is 5.77. The zero-order valence-electron chi connectivity index (χ0n) is 11.6. The van der Waals surface area contributed by atoms with Gasteiger partial charge in [0.25, 0.3) is 0 Å². The number of aromatic nitrogens is 1. The highest BCUT2D eigenvalue weighted by Gasteiger charge is 2.16. The molecule has 0 aliphatic heterocycles. The van der Waals surface area contributed by atoms with Crippen LogP contribution >= 0.6 is 15.9 Å². The number of pyridine rings is 1. The van der Waals surface area contributed by atoms with Gasteiger partial charge in [-0.2, -0.15) is 0 Å². The average molecular weight is 350 g/mol. The Kier molecular flexibility index (Phi) is 3.89. The molecule has 0 fully saturated rings. The molecule has 0 N–H and O–H groups in total. The normalized spacial score (nSPS) is 11.4. The summed E-state index contributed by atoms with van der Waals surface area (Å²) in [5.74, 6) is -1.23. The van der Waals surface area contributed by atoms with Crippen molar-refractivity contribution in [2.45, 2.75) is 26.2 Å². The third kappa shape index (κ3) is 2.42. The van der Waals surface area contributed by atoms with Gasteiger partial charge >= 0.3 is 0 Å². The minimum Gasteiger partial charge on any atom is -0.249 e. The lowest BCUT2D eigenvalue weighted by molar-refractivity contribution is 0.579. The number of halogens is 3. The van der Waals surface area contributed by atoms with E-state index in [9.17, 15) is 8.78 Å². The molecule has 0 aliphatic rings. The topological polar surface area (TPSA) is 12.9 Å². The Bertz CT molecular complexity index is 830. The van der Waals surface area contributed by atoms with Gasteiger partial charge in [-0.1, -0.05) is 37.6 Å². The number of nitrogens with zero attached hydrogens (tertiary/aromatic N) is 1. The molecule has 0 bridgehead atoms. The lowest BCUT2D eigenvalue weighted by Gasteiger charge is -2.11. The number of rotatable bonds is 3. The van der Waals surface area contributed by atoms with Gasteiger partial charge in [0.15, 0.2) is 5.82 Å². The predicted molar refractivity (Wildman–Crippen MR) is 85.5 cm³/mol. The minimum absolute atomic E-state index is 0.153. The quantitative estimate of drug-likeness (QED) is 0.432. The van der Waals surface area contributed by atoms with Gasteiger partial charge in [-0.25, -0.2) is 13.8 Å². The van der Waals surface area contributed by atoms with E-state index < -0.39 is 11.6 Å². The Balaban J connectivity index is 2.42. The van der Waals surface area contributed by atoms with Crippen LogP contribution in [0.5, 0.6) is 0 Å². The average Bonchev–Trinajstić information content (AvgIpc) is 2.51. The first-order valence-electron chi connectivity index (χ1n) is 6.98. The van der Waals surface area contributed by atoms with E-state index in [1.165, 1.54) is 6.07 Å². The number of aryl methyl sites for hydroxylation is 1. The summed E-state index contributed by atoms with van der Waals surface area (Å²) in [6, 6.07) is 9.01. The van der Waals surface area contributed by atoms with Crippen molar-refractivity contribution in [1.82, 2.24) is 4.98 Å². The Morgan fingerprint density at radius 3 is 2.52 bits per heavy atom. The molecule has 0 saturated heterocycles. The Morgan fingerprint density at radius 1 is 1.10 bits per heavy atom. The maximum atomic E-state index is 14.3. The van der Waals surface area contributed by atoms with Crippen molar-refractivity contribution in [2.75, 3.05) is 0 Å². The summed E-state index contributed by atoms with van der Waals surface area (Å²) in [6.07, 6.45) is 2.83.